The maximum atomic E-state index is 13.7. The van der Waals surface area contributed by atoms with Crippen LogP contribution >= 0.6 is 15.9 Å². The van der Waals surface area contributed by atoms with E-state index < -0.39 is 23.9 Å². The maximum absolute atomic E-state index is 13.7. The van der Waals surface area contributed by atoms with Crippen molar-refractivity contribution in [2.24, 2.45) is 0 Å². The van der Waals surface area contributed by atoms with Gasteiger partial charge in [-0.1, -0.05) is 39.3 Å². The highest BCUT2D eigenvalue weighted by Gasteiger charge is 2.36. The van der Waals surface area contributed by atoms with Crippen molar-refractivity contribution in [1.82, 2.24) is 15.0 Å². The molecule has 1 aliphatic heterocycles. The Bertz CT molecular complexity index is 1210. The van der Waals surface area contributed by atoms with Crippen molar-refractivity contribution in [3.05, 3.63) is 70.0 Å². The molecule has 1 amide bonds. The summed E-state index contributed by atoms with van der Waals surface area (Å²) >= 11 is 3.36. The second-order valence-electron chi connectivity index (χ2n) is 7.57. The number of hydrogen-bond donors (Lipinski definition) is 1. The molecule has 0 aliphatic carbocycles. The average Bonchev–Trinajstić information content (AvgIpc) is 3.46. The molecule has 1 aliphatic rings. The molecule has 1 atom stereocenters. The van der Waals surface area contributed by atoms with Gasteiger partial charge in [-0.05, 0) is 54.8 Å². The van der Waals surface area contributed by atoms with Gasteiger partial charge in [0, 0.05) is 16.6 Å². The largest absolute Gasteiger partial charge is 0.489 e. The van der Waals surface area contributed by atoms with Crippen LogP contribution in [-0.2, 0) is 6.18 Å². The molecule has 1 saturated heterocycles. The second kappa shape index (κ2) is 9.88. The number of rotatable bonds is 6. The SMILES string of the molecule is O=C(O)N1CCC[C@H]1c1nc(-c2ccc(OC/C=C/c3cccc(Br)c3)c(C(F)(F)F)c2)no1. The molecule has 34 heavy (non-hydrogen) atoms. The van der Waals surface area contributed by atoms with Gasteiger partial charge in [-0.25, -0.2) is 4.79 Å². The molecule has 0 bridgehead atoms. The summed E-state index contributed by atoms with van der Waals surface area (Å²) in [4.78, 5) is 16.7. The predicted octanol–water partition coefficient (Wildman–Crippen LogP) is 6.43. The Morgan fingerprint density at radius 2 is 2.12 bits per heavy atom. The molecule has 0 radical (unpaired) electrons. The molecule has 0 unspecified atom stereocenters. The Kier molecular flexibility index (Phi) is 6.92. The highest BCUT2D eigenvalue weighted by Crippen LogP contribution is 2.39. The summed E-state index contributed by atoms with van der Waals surface area (Å²) in [6, 6.07) is 10.3. The Morgan fingerprint density at radius 1 is 1.29 bits per heavy atom. The van der Waals surface area contributed by atoms with E-state index >= 15 is 0 Å². The Hall–Kier alpha value is -3.34. The van der Waals surface area contributed by atoms with E-state index in [0.717, 1.165) is 16.1 Å². The lowest BCUT2D eigenvalue weighted by Crippen LogP contribution is -2.28. The first kappa shape index (κ1) is 23.8. The summed E-state index contributed by atoms with van der Waals surface area (Å²) in [5, 5.41) is 13.0. The van der Waals surface area contributed by atoms with Crippen molar-refractivity contribution in [3.63, 3.8) is 0 Å². The highest BCUT2D eigenvalue weighted by molar-refractivity contribution is 9.10. The number of aromatic nitrogens is 2. The minimum absolute atomic E-state index is 0.0566. The van der Waals surface area contributed by atoms with Gasteiger partial charge in [0.25, 0.3) is 0 Å². The van der Waals surface area contributed by atoms with Crippen LogP contribution in [0.25, 0.3) is 17.5 Å². The number of carbonyl (C=O) groups is 1. The molecule has 11 heteroatoms. The molecule has 1 aromatic heterocycles. The summed E-state index contributed by atoms with van der Waals surface area (Å²) in [5.41, 5.74) is -0.0135. The van der Waals surface area contributed by atoms with Crippen LogP contribution in [0.4, 0.5) is 18.0 Å². The van der Waals surface area contributed by atoms with Crippen LogP contribution in [0, 0.1) is 0 Å². The van der Waals surface area contributed by atoms with Crippen molar-refractivity contribution in [1.29, 1.82) is 0 Å². The molecule has 2 heterocycles. The topological polar surface area (TPSA) is 88.7 Å². The van der Waals surface area contributed by atoms with E-state index in [1.807, 2.05) is 24.3 Å². The van der Waals surface area contributed by atoms with Gasteiger partial charge in [-0.2, -0.15) is 18.2 Å². The van der Waals surface area contributed by atoms with E-state index in [9.17, 15) is 23.1 Å². The first-order valence-electron chi connectivity index (χ1n) is 10.3. The minimum Gasteiger partial charge on any atom is -0.489 e. The smallest absolute Gasteiger partial charge is 0.419 e. The van der Waals surface area contributed by atoms with Crippen LogP contribution in [0.5, 0.6) is 5.75 Å². The summed E-state index contributed by atoms with van der Waals surface area (Å²) in [5.74, 6) is -0.327. The first-order valence-corrected chi connectivity index (χ1v) is 11.1. The van der Waals surface area contributed by atoms with E-state index in [2.05, 4.69) is 26.1 Å². The Balaban J connectivity index is 1.52. The van der Waals surface area contributed by atoms with Crippen molar-refractivity contribution in [2.75, 3.05) is 13.2 Å². The summed E-state index contributed by atoms with van der Waals surface area (Å²) in [6.07, 6.45) is -1.28. The molecule has 4 rings (SSSR count). The van der Waals surface area contributed by atoms with Gasteiger partial charge >= 0.3 is 12.3 Å². The Morgan fingerprint density at radius 3 is 2.85 bits per heavy atom. The summed E-state index contributed by atoms with van der Waals surface area (Å²) < 4.78 is 52.6. The number of ether oxygens (including phenoxy) is 1. The quantitative estimate of drug-likeness (QED) is 0.390. The van der Waals surface area contributed by atoms with Gasteiger partial charge in [0.2, 0.25) is 11.7 Å². The van der Waals surface area contributed by atoms with Gasteiger partial charge in [-0.3, -0.25) is 4.90 Å². The third kappa shape index (κ3) is 5.41. The molecule has 178 valence electrons. The molecule has 0 saturated carbocycles. The van der Waals surface area contributed by atoms with Gasteiger partial charge in [0.15, 0.2) is 0 Å². The molecule has 1 fully saturated rings. The molecule has 0 spiro atoms. The van der Waals surface area contributed by atoms with Crippen molar-refractivity contribution < 1.29 is 32.3 Å². The average molecular weight is 538 g/mol. The lowest BCUT2D eigenvalue weighted by atomic mass is 10.1. The maximum Gasteiger partial charge on any atom is 0.419 e. The number of carboxylic acid groups (broad SMARTS) is 1. The number of nitrogens with zero attached hydrogens (tertiary/aromatic N) is 3. The zero-order valence-electron chi connectivity index (χ0n) is 17.6. The standard InChI is InChI=1S/C23H19BrF3N3O4/c24-16-6-1-4-14(12-16)5-3-11-33-19-9-8-15(13-17(19)23(25,26)27)20-28-21(34-29-20)18-7-2-10-30(18)22(31)32/h1,3-6,8-9,12-13,18H,2,7,10-11H2,(H,31,32)/b5-3+/t18-/m0/s1. The van der Waals surface area contributed by atoms with Crippen LogP contribution in [0.1, 0.15) is 35.9 Å². The molecule has 3 aromatic rings. The summed E-state index contributed by atoms with van der Waals surface area (Å²) in [6.45, 7) is 0.270. The number of likely N-dealkylation sites (tertiary alicyclic amines) is 1. The van der Waals surface area contributed by atoms with Gasteiger partial charge in [0.05, 0.1) is 5.56 Å². The van der Waals surface area contributed by atoms with Crippen molar-refractivity contribution in [3.8, 4) is 17.1 Å². The van der Waals surface area contributed by atoms with Crippen LogP contribution in [0.2, 0.25) is 0 Å². The van der Waals surface area contributed by atoms with Crippen LogP contribution in [0.3, 0.4) is 0 Å². The number of amides is 1. The van der Waals surface area contributed by atoms with E-state index in [4.69, 9.17) is 9.26 Å². The predicted molar refractivity (Wildman–Crippen MR) is 120 cm³/mol. The van der Waals surface area contributed by atoms with Crippen molar-refractivity contribution in [2.45, 2.75) is 25.1 Å². The Labute approximate surface area is 201 Å². The third-order valence-electron chi connectivity index (χ3n) is 5.26. The lowest BCUT2D eigenvalue weighted by molar-refractivity contribution is -0.138. The van der Waals surface area contributed by atoms with E-state index in [1.54, 1.807) is 12.2 Å². The summed E-state index contributed by atoms with van der Waals surface area (Å²) in [7, 11) is 0. The van der Waals surface area contributed by atoms with Crippen LogP contribution in [0.15, 0.2) is 57.5 Å². The van der Waals surface area contributed by atoms with E-state index in [-0.39, 0.29) is 29.6 Å². The highest BCUT2D eigenvalue weighted by atomic mass is 79.9. The number of benzene rings is 2. The van der Waals surface area contributed by atoms with Gasteiger partial charge in [0.1, 0.15) is 18.4 Å². The fourth-order valence-corrected chi connectivity index (χ4v) is 4.11. The molecular weight excluding hydrogens is 519 g/mol. The molecule has 7 nitrogen and oxygen atoms in total. The minimum atomic E-state index is -4.67. The first-order chi connectivity index (χ1) is 16.2. The fraction of sp³-hybridized carbons (Fsp3) is 0.261. The lowest BCUT2D eigenvalue weighted by Gasteiger charge is -2.17. The molecule has 1 N–H and O–H groups in total. The van der Waals surface area contributed by atoms with Crippen molar-refractivity contribution >= 4 is 28.1 Å². The number of halogens is 4. The zero-order valence-corrected chi connectivity index (χ0v) is 19.2. The van der Waals surface area contributed by atoms with Crippen LogP contribution < -0.4 is 4.74 Å². The van der Waals surface area contributed by atoms with Crippen LogP contribution in [-0.4, -0.2) is 39.4 Å². The fourth-order valence-electron chi connectivity index (χ4n) is 3.69. The van der Waals surface area contributed by atoms with Gasteiger partial charge < -0.3 is 14.4 Å². The van der Waals surface area contributed by atoms with E-state index in [1.165, 1.54) is 17.0 Å². The molecular formula is C23H19BrF3N3O4. The molecule has 2 aromatic carbocycles. The van der Waals surface area contributed by atoms with E-state index in [0.29, 0.717) is 19.4 Å². The normalized spacial score (nSPS) is 16.4. The monoisotopic (exact) mass is 537 g/mol. The third-order valence-corrected chi connectivity index (χ3v) is 5.76. The zero-order chi connectivity index (χ0) is 24.3. The second-order valence-corrected chi connectivity index (χ2v) is 8.48. The van der Waals surface area contributed by atoms with Gasteiger partial charge in [-0.15, -0.1) is 0 Å². The number of hydrogen-bond acceptors (Lipinski definition) is 5. The number of alkyl halides is 3.